The third-order valence-corrected chi connectivity index (χ3v) is 7.07. The van der Waals surface area contributed by atoms with E-state index in [1.54, 1.807) is 29.6 Å². The molecule has 0 spiro atoms. The number of nitrogens with one attached hydrogen (secondary N) is 1. The Morgan fingerprint density at radius 1 is 1.03 bits per heavy atom. The van der Waals surface area contributed by atoms with Crippen LogP contribution in [0.4, 0.5) is 5.82 Å². The zero-order valence-electron chi connectivity index (χ0n) is 16.3. The molecule has 0 radical (unpaired) electrons. The van der Waals surface area contributed by atoms with Gasteiger partial charge in [0.05, 0.1) is 17.5 Å². The lowest BCUT2D eigenvalue weighted by Crippen LogP contribution is -2.35. The fourth-order valence-electron chi connectivity index (χ4n) is 3.52. The number of rotatable bonds is 6. The van der Waals surface area contributed by atoms with Gasteiger partial charge >= 0.3 is 0 Å². The molecule has 4 rings (SSSR count). The molecule has 0 unspecified atom stereocenters. The molecule has 0 saturated carbocycles. The Hall–Kier alpha value is -2.71. The van der Waals surface area contributed by atoms with Crippen molar-refractivity contribution in [2.24, 2.45) is 0 Å². The monoisotopic (exact) mass is 412 g/mol. The second-order valence-electron chi connectivity index (χ2n) is 7.07. The molecule has 7 nitrogen and oxygen atoms in total. The zero-order valence-corrected chi connectivity index (χ0v) is 17.2. The minimum Gasteiger partial charge on any atom is -0.497 e. The van der Waals surface area contributed by atoms with E-state index in [1.807, 2.05) is 24.3 Å². The average Bonchev–Trinajstić information content (AvgIpc) is 2.78. The van der Waals surface area contributed by atoms with E-state index in [0.717, 1.165) is 30.6 Å². The van der Waals surface area contributed by atoms with Crippen LogP contribution in [-0.2, 0) is 16.6 Å². The predicted octanol–water partition coefficient (Wildman–Crippen LogP) is 3.43. The number of hydrogen-bond donors (Lipinski definition) is 1. The van der Waals surface area contributed by atoms with E-state index >= 15 is 0 Å². The molecule has 8 heteroatoms. The molecule has 0 amide bonds. The molecule has 3 aromatic rings. The number of ether oxygens (including phenoxy) is 1. The van der Waals surface area contributed by atoms with Crippen LogP contribution in [0.1, 0.15) is 24.8 Å². The summed E-state index contributed by atoms with van der Waals surface area (Å²) in [5.41, 5.74) is 1.77. The highest BCUT2D eigenvalue weighted by Gasteiger charge is 2.26. The van der Waals surface area contributed by atoms with Gasteiger partial charge in [0, 0.05) is 25.0 Å². The van der Waals surface area contributed by atoms with Crippen molar-refractivity contribution >= 4 is 26.7 Å². The van der Waals surface area contributed by atoms with Crippen LogP contribution < -0.4 is 10.1 Å². The quantitative estimate of drug-likeness (QED) is 0.668. The minimum absolute atomic E-state index is 0.286. The van der Waals surface area contributed by atoms with Crippen LogP contribution >= 0.6 is 0 Å². The lowest BCUT2D eigenvalue weighted by Gasteiger charge is -2.26. The molecule has 1 aromatic heterocycles. The SMILES string of the molecule is COc1ccc(CNc2ncnc3ccc(S(=O)(=O)N4CCCCC4)cc23)cc1. The van der Waals surface area contributed by atoms with Gasteiger partial charge in [0.25, 0.3) is 0 Å². The van der Waals surface area contributed by atoms with Crippen molar-refractivity contribution in [2.75, 3.05) is 25.5 Å². The van der Waals surface area contributed by atoms with Crippen molar-refractivity contribution in [3.8, 4) is 5.75 Å². The summed E-state index contributed by atoms with van der Waals surface area (Å²) in [6.45, 7) is 1.71. The zero-order chi connectivity index (χ0) is 20.3. The number of benzene rings is 2. The second-order valence-corrected chi connectivity index (χ2v) is 9.01. The van der Waals surface area contributed by atoms with Crippen LogP contribution in [0.3, 0.4) is 0 Å². The van der Waals surface area contributed by atoms with Gasteiger partial charge < -0.3 is 10.1 Å². The van der Waals surface area contributed by atoms with Crippen molar-refractivity contribution in [3.05, 3.63) is 54.4 Å². The fourth-order valence-corrected chi connectivity index (χ4v) is 5.06. The topological polar surface area (TPSA) is 84.4 Å². The third kappa shape index (κ3) is 4.18. The van der Waals surface area contributed by atoms with Crippen LogP contribution in [0.25, 0.3) is 10.9 Å². The first-order valence-corrected chi connectivity index (χ1v) is 11.1. The van der Waals surface area contributed by atoms with Gasteiger partial charge in [0.2, 0.25) is 10.0 Å². The summed E-state index contributed by atoms with van der Waals surface area (Å²) in [7, 11) is -1.87. The van der Waals surface area contributed by atoms with Gasteiger partial charge in [-0.3, -0.25) is 0 Å². The number of hydrogen-bond acceptors (Lipinski definition) is 6. The van der Waals surface area contributed by atoms with Gasteiger partial charge in [-0.25, -0.2) is 18.4 Å². The maximum atomic E-state index is 13.0. The van der Waals surface area contributed by atoms with Gasteiger partial charge in [0.1, 0.15) is 17.9 Å². The standard InChI is InChI=1S/C21H24N4O3S/c1-28-17-7-5-16(6-8-17)14-22-21-19-13-18(9-10-20(19)23-15-24-21)29(26,27)25-11-3-2-4-12-25/h5-10,13,15H,2-4,11-12,14H2,1H3,(H,22,23,24). The van der Waals surface area contributed by atoms with Crippen LogP contribution in [0.15, 0.2) is 53.7 Å². The highest BCUT2D eigenvalue weighted by Crippen LogP contribution is 2.27. The Balaban J connectivity index is 1.61. The largest absolute Gasteiger partial charge is 0.497 e. The number of piperidine rings is 1. The van der Waals surface area contributed by atoms with E-state index in [4.69, 9.17) is 4.74 Å². The number of sulfonamides is 1. The first-order chi connectivity index (χ1) is 14.1. The van der Waals surface area contributed by atoms with Crippen molar-refractivity contribution in [1.29, 1.82) is 0 Å². The summed E-state index contributed by atoms with van der Waals surface area (Å²) >= 11 is 0. The van der Waals surface area contributed by atoms with Crippen molar-refractivity contribution in [2.45, 2.75) is 30.7 Å². The van der Waals surface area contributed by atoms with Crippen LogP contribution in [-0.4, -0.2) is 42.9 Å². The molecule has 1 aliphatic rings. The average molecular weight is 413 g/mol. The molecule has 0 atom stereocenters. The Morgan fingerprint density at radius 2 is 1.79 bits per heavy atom. The van der Waals surface area contributed by atoms with Crippen molar-refractivity contribution < 1.29 is 13.2 Å². The van der Waals surface area contributed by atoms with Crippen LogP contribution in [0.5, 0.6) is 5.75 Å². The van der Waals surface area contributed by atoms with Gasteiger partial charge in [0.15, 0.2) is 0 Å². The molecule has 0 aliphatic carbocycles. The molecule has 1 fully saturated rings. The molecule has 1 aliphatic heterocycles. The molecule has 1 saturated heterocycles. The molecule has 152 valence electrons. The van der Waals surface area contributed by atoms with Gasteiger partial charge in [-0.2, -0.15) is 4.31 Å². The second kappa shape index (κ2) is 8.34. The minimum atomic E-state index is -3.51. The van der Waals surface area contributed by atoms with Crippen molar-refractivity contribution in [1.82, 2.24) is 14.3 Å². The van der Waals surface area contributed by atoms with E-state index in [-0.39, 0.29) is 4.90 Å². The molecule has 0 bridgehead atoms. The number of fused-ring (bicyclic) bond motifs is 1. The Morgan fingerprint density at radius 3 is 2.52 bits per heavy atom. The Bertz CT molecular complexity index is 1090. The maximum Gasteiger partial charge on any atom is 0.243 e. The van der Waals surface area contributed by atoms with E-state index in [0.29, 0.717) is 36.4 Å². The third-order valence-electron chi connectivity index (χ3n) is 5.18. The maximum absolute atomic E-state index is 13.0. The van der Waals surface area contributed by atoms with Gasteiger partial charge in [-0.15, -0.1) is 0 Å². The molecule has 29 heavy (non-hydrogen) atoms. The van der Waals surface area contributed by atoms with Crippen LogP contribution in [0.2, 0.25) is 0 Å². The first-order valence-electron chi connectivity index (χ1n) is 9.69. The molecular formula is C21H24N4O3S. The van der Waals surface area contributed by atoms with Crippen LogP contribution in [0, 0.1) is 0 Å². The van der Waals surface area contributed by atoms with E-state index in [9.17, 15) is 8.42 Å². The number of nitrogens with zero attached hydrogens (tertiary/aromatic N) is 3. The lowest BCUT2D eigenvalue weighted by molar-refractivity contribution is 0.346. The summed E-state index contributed by atoms with van der Waals surface area (Å²) in [4.78, 5) is 8.90. The summed E-state index contributed by atoms with van der Waals surface area (Å²) in [6, 6.07) is 12.8. The highest BCUT2D eigenvalue weighted by atomic mass is 32.2. The number of methoxy groups -OCH3 is 1. The van der Waals surface area contributed by atoms with E-state index in [1.165, 1.54) is 6.33 Å². The summed E-state index contributed by atoms with van der Waals surface area (Å²) in [5.74, 6) is 1.41. The number of anilines is 1. The molecule has 1 N–H and O–H groups in total. The van der Waals surface area contributed by atoms with Gasteiger partial charge in [-0.05, 0) is 48.7 Å². The predicted molar refractivity (Wildman–Crippen MR) is 112 cm³/mol. The Labute approximate surface area is 170 Å². The fraction of sp³-hybridized carbons (Fsp3) is 0.333. The molecule has 2 aromatic carbocycles. The normalized spacial score (nSPS) is 15.3. The summed E-state index contributed by atoms with van der Waals surface area (Å²) < 4.78 is 32.8. The van der Waals surface area contributed by atoms with E-state index < -0.39 is 10.0 Å². The summed E-state index contributed by atoms with van der Waals surface area (Å²) in [5, 5.41) is 3.99. The van der Waals surface area contributed by atoms with E-state index in [2.05, 4.69) is 15.3 Å². The highest BCUT2D eigenvalue weighted by molar-refractivity contribution is 7.89. The molecule has 2 heterocycles. The van der Waals surface area contributed by atoms with Crippen molar-refractivity contribution in [3.63, 3.8) is 0 Å². The lowest BCUT2D eigenvalue weighted by atomic mass is 10.2. The van der Waals surface area contributed by atoms with Gasteiger partial charge in [-0.1, -0.05) is 18.6 Å². The Kier molecular flexibility index (Phi) is 5.64. The summed E-state index contributed by atoms with van der Waals surface area (Å²) in [6.07, 6.45) is 4.38. The molecular weight excluding hydrogens is 388 g/mol. The first kappa shape index (κ1) is 19.6. The number of aromatic nitrogens is 2. The smallest absolute Gasteiger partial charge is 0.243 e.